The van der Waals surface area contributed by atoms with Crippen LogP contribution in [0.5, 0.6) is 0 Å². The molecule has 0 atom stereocenters. The molecule has 1 aromatic rings. The van der Waals surface area contributed by atoms with Gasteiger partial charge in [-0.1, -0.05) is 13.0 Å². The molecular weight excluding hydrogens is 297 g/mol. The van der Waals surface area contributed by atoms with Crippen molar-refractivity contribution in [2.45, 2.75) is 26.2 Å². The third-order valence-electron chi connectivity index (χ3n) is 3.48. The van der Waals surface area contributed by atoms with Crippen molar-refractivity contribution < 1.29 is 9.18 Å². The molecule has 2 rings (SSSR count). The molecule has 1 amide bonds. The van der Waals surface area contributed by atoms with E-state index in [1.165, 1.54) is 6.07 Å². The summed E-state index contributed by atoms with van der Waals surface area (Å²) in [6.07, 6.45) is 2.43. The topological polar surface area (TPSA) is 20.3 Å². The molecule has 1 aromatic carbocycles. The van der Waals surface area contributed by atoms with Crippen molar-refractivity contribution in [2.24, 2.45) is 5.92 Å². The molecule has 1 aliphatic rings. The van der Waals surface area contributed by atoms with E-state index in [-0.39, 0.29) is 11.7 Å². The number of piperidine rings is 1. The van der Waals surface area contributed by atoms with Gasteiger partial charge in [-0.2, -0.15) is 0 Å². The molecule has 0 unspecified atom stereocenters. The molecule has 0 aromatic heterocycles. The van der Waals surface area contributed by atoms with E-state index in [9.17, 15) is 9.18 Å². The van der Waals surface area contributed by atoms with Crippen LogP contribution in [0.4, 0.5) is 4.39 Å². The Balaban J connectivity index is 1.96. The van der Waals surface area contributed by atoms with Crippen LogP contribution in [0.2, 0.25) is 0 Å². The van der Waals surface area contributed by atoms with E-state index < -0.39 is 0 Å². The Hall–Kier alpha value is -0.900. The number of nitrogens with zero attached hydrogens (tertiary/aromatic N) is 1. The number of amides is 1. The van der Waals surface area contributed by atoms with Crippen LogP contribution in [0, 0.1) is 11.7 Å². The molecule has 4 heteroatoms. The third-order valence-corrected chi connectivity index (χ3v) is 4.12. The summed E-state index contributed by atoms with van der Waals surface area (Å²) in [6.45, 7) is 3.88. The lowest BCUT2D eigenvalue weighted by atomic mass is 9.98. The minimum absolute atomic E-state index is 0.101. The summed E-state index contributed by atoms with van der Waals surface area (Å²) in [6, 6.07) is 4.86. The minimum Gasteiger partial charge on any atom is -0.342 e. The van der Waals surface area contributed by atoms with Crippen molar-refractivity contribution in [3.63, 3.8) is 0 Å². The van der Waals surface area contributed by atoms with E-state index in [1.807, 2.05) is 4.90 Å². The Morgan fingerprint density at radius 1 is 1.44 bits per heavy atom. The molecule has 1 aliphatic heterocycles. The van der Waals surface area contributed by atoms with Crippen LogP contribution < -0.4 is 0 Å². The molecule has 18 heavy (non-hydrogen) atoms. The van der Waals surface area contributed by atoms with E-state index >= 15 is 0 Å². The van der Waals surface area contributed by atoms with E-state index in [0.29, 0.717) is 16.8 Å². The number of rotatable bonds is 2. The molecule has 0 aliphatic carbocycles. The van der Waals surface area contributed by atoms with E-state index in [2.05, 4.69) is 22.9 Å². The van der Waals surface area contributed by atoms with Crippen molar-refractivity contribution >= 4 is 21.8 Å². The van der Waals surface area contributed by atoms with Gasteiger partial charge in [-0.05, 0) is 52.4 Å². The maximum absolute atomic E-state index is 13.4. The first-order valence-electron chi connectivity index (χ1n) is 6.28. The van der Waals surface area contributed by atoms with Crippen LogP contribution in [0.3, 0.4) is 0 Å². The van der Waals surface area contributed by atoms with Gasteiger partial charge < -0.3 is 4.90 Å². The second kappa shape index (κ2) is 5.83. The Kier molecular flexibility index (Phi) is 4.38. The van der Waals surface area contributed by atoms with Gasteiger partial charge in [-0.15, -0.1) is 0 Å². The summed E-state index contributed by atoms with van der Waals surface area (Å²) < 4.78 is 13.8. The number of benzene rings is 1. The largest absolute Gasteiger partial charge is 0.342 e. The Labute approximate surface area is 115 Å². The van der Waals surface area contributed by atoms with Crippen LogP contribution in [0.15, 0.2) is 22.7 Å². The van der Waals surface area contributed by atoms with Gasteiger partial charge in [0.15, 0.2) is 0 Å². The predicted octanol–water partition coefficient (Wildman–Crippen LogP) is 3.39. The standard InChI is InChI=1S/C14H17BrFNO/c1-10-4-6-17(7-5-10)14(18)9-11-2-3-12(15)13(16)8-11/h2-3,8,10H,4-7,9H2,1H3. The molecule has 0 spiro atoms. The van der Waals surface area contributed by atoms with Gasteiger partial charge in [0, 0.05) is 13.1 Å². The lowest BCUT2D eigenvalue weighted by Crippen LogP contribution is -2.38. The highest BCUT2D eigenvalue weighted by molar-refractivity contribution is 9.10. The van der Waals surface area contributed by atoms with Crippen LogP contribution in [-0.2, 0) is 11.2 Å². The number of carbonyl (C=O) groups is 1. The van der Waals surface area contributed by atoms with Gasteiger partial charge in [0.1, 0.15) is 5.82 Å². The Morgan fingerprint density at radius 3 is 2.72 bits per heavy atom. The molecule has 1 saturated heterocycles. The fourth-order valence-electron chi connectivity index (χ4n) is 2.19. The average molecular weight is 314 g/mol. The van der Waals surface area contributed by atoms with Crippen molar-refractivity contribution in [1.82, 2.24) is 4.90 Å². The summed E-state index contributed by atoms with van der Waals surface area (Å²) >= 11 is 3.11. The van der Waals surface area contributed by atoms with Gasteiger partial charge >= 0.3 is 0 Å². The number of hydrogen-bond acceptors (Lipinski definition) is 1. The van der Waals surface area contributed by atoms with Crippen molar-refractivity contribution in [1.29, 1.82) is 0 Å². The lowest BCUT2D eigenvalue weighted by Gasteiger charge is -2.30. The van der Waals surface area contributed by atoms with Gasteiger partial charge in [0.05, 0.1) is 10.9 Å². The first kappa shape index (κ1) is 13.5. The van der Waals surface area contributed by atoms with Crippen molar-refractivity contribution in [3.05, 3.63) is 34.1 Å². The number of halogens is 2. The molecule has 0 saturated carbocycles. The van der Waals surface area contributed by atoms with E-state index in [0.717, 1.165) is 31.5 Å². The van der Waals surface area contributed by atoms with Crippen LogP contribution in [0.1, 0.15) is 25.3 Å². The lowest BCUT2D eigenvalue weighted by molar-refractivity contribution is -0.131. The maximum atomic E-state index is 13.4. The van der Waals surface area contributed by atoms with E-state index in [1.54, 1.807) is 12.1 Å². The molecule has 1 fully saturated rings. The molecule has 0 bridgehead atoms. The zero-order chi connectivity index (χ0) is 13.1. The normalized spacial score (nSPS) is 16.9. The van der Waals surface area contributed by atoms with Crippen LogP contribution >= 0.6 is 15.9 Å². The van der Waals surface area contributed by atoms with Crippen molar-refractivity contribution in [2.75, 3.05) is 13.1 Å². The van der Waals surface area contributed by atoms with Gasteiger partial charge in [-0.3, -0.25) is 4.79 Å². The molecule has 1 heterocycles. The number of hydrogen-bond donors (Lipinski definition) is 0. The first-order chi connectivity index (χ1) is 8.56. The fourth-order valence-corrected chi connectivity index (χ4v) is 2.44. The summed E-state index contributed by atoms with van der Waals surface area (Å²) in [4.78, 5) is 14.0. The second-order valence-electron chi connectivity index (χ2n) is 4.99. The highest BCUT2D eigenvalue weighted by Crippen LogP contribution is 2.19. The first-order valence-corrected chi connectivity index (χ1v) is 7.07. The Bertz CT molecular complexity index is 441. The summed E-state index contributed by atoms with van der Waals surface area (Å²) in [5, 5.41) is 0. The fraction of sp³-hybridized carbons (Fsp3) is 0.500. The maximum Gasteiger partial charge on any atom is 0.226 e. The molecule has 0 radical (unpaired) electrons. The SMILES string of the molecule is CC1CCN(C(=O)Cc2ccc(Br)c(F)c2)CC1. The molecular formula is C14H17BrFNO. The van der Waals surface area contributed by atoms with E-state index in [4.69, 9.17) is 0 Å². The van der Waals surface area contributed by atoms with Gasteiger partial charge in [0.25, 0.3) is 0 Å². The predicted molar refractivity (Wildman–Crippen MR) is 72.8 cm³/mol. The third kappa shape index (κ3) is 3.31. The quantitative estimate of drug-likeness (QED) is 0.819. The molecule has 0 N–H and O–H groups in total. The summed E-state index contributed by atoms with van der Waals surface area (Å²) in [5.41, 5.74) is 0.735. The van der Waals surface area contributed by atoms with Crippen LogP contribution in [0.25, 0.3) is 0 Å². The summed E-state index contributed by atoms with van der Waals surface area (Å²) in [5.74, 6) is 0.496. The minimum atomic E-state index is -0.312. The number of carbonyl (C=O) groups excluding carboxylic acids is 1. The smallest absolute Gasteiger partial charge is 0.226 e. The summed E-state index contributed by atoms with van der Waals surface area (Å²) in [7, 11) is 0. The van der Waals surface area contributed by atoms with Gasteiger partial charge in [0.2, 0.25) is 5.91 Å². The average Bonchev–Trinajstić information content (AvgIpc) is 2.34. The van der Waals surface area contributed by atoms with Gasteiger partial charge in [-0.25, -0.2) is 4.39 Å². The van der Waals surface area contributed by atoms with Crippen LogP contribution in [-0.4, -0.2) is 23.9 Å². The monoisotopic (exact) mass is 313 g/mol. The zero-order valence-corrected chi connectivity index (χ0v) is 12.0. The Morgan fingerprint density at radius 2 is 2.11 bits per heavy atom. The highest BCUT2D eigenvalue weighted by Gasteiger charge is 2.20. The molecule has 2 nitrogen and oxygen atoms in total. The second-order valence-corrected chi connectivity index (χ2v) is 5.84. The highest BCUT2D eigenvalue weighted by atomic mass is 79.9. The number of likely N-dealkylation sites (tertiary alicyclic amines) is 1. The zero-order valence-electron chi connectivity index (χ0n) is 10.5. The van der Waals surface area contributed by atoms with Crippen molar-refractivity contribution in [3.8, 4) is 0 Å². The molecule has 98 valence electrons.